The van der Waals surface area contributed by atoms with Gasteiger partial charge in [0.05, 0.1) is 13.7 Å². The van der Waals surface area contributed by atoms with Gasteiger partial charge in [-0.3, -0.25) is 14.7 Å². The number of benzene rings is 1. The quantitative estimate of drug-likeness (QED) is 0.278. The molecule has 1 heterocycles. The second kappa shape index (κ2) is 13.9. The van der Waals surface area contributed by atoms with Crippen LogP contribution in [-0.2, 0) is 11.2 Å². The van der Waals surface area contributed by atoms with Crippen LogP contribution in [-0.4, -0.2) is 81.1 Å². The van der Waals surface area contributed by atoms with E-state index in [9.17, 15) is 4.79 Å². The highest BCUT2D eigenvalue weighted by atomic mass is 127. The topological polar surface area (TPSA) is 69.2 Å². The van der Waals surface area contributed by atoms with E-state index in [0.717, 1.165) is 83.3 Å². The van der Waals surface area contributed by atoms with E-state index < -0.39 is 0 Å². The van der Waals surface area contributed by atoms with Gasteiger partial charge in [0.25, 0.3) is 0 Å². The molecule has 1 aliphatic heterocycles. The van der Waals surface area contributed by atoms with E-state index >= 15 is 0 Å². The molecule has 1 saturated carbocycles. The van der Waals surface area contributed by atoms with Crippen LogP contribution in [0.15, 0.2) is 23.2 Å². The Labute approximate surface area is 210 Å². The van der Waals surface area contributed by atoms with Gasteiger partial charge >= 0.3 is 0 Å². The summed E-state index contributed by atoms with van der Waals surface area (Å²) in [6.45, 7) is 11.1. The highest BCUT2D eigenvalue weighted by molar-refractivity contribution is 14.0. The van der Waals surface area contributed by atoms with E-state index in [1.54, 1.807) is 7.11 Å². The van der Waals surface area contributed by atoms with Crippen LogP contribution in [0.25, 0.3) is 0 Å². The molecule has 7 nitrogen and oxygen atoms in total. The molecule has 1 aromatic rings. The first-order valence-electron chi connectivity index (χ1n) is 11.8. The van der Waals surface area contributed by atoms with Crippen molar-refractivity contribution in [3.8, 4) is 5.75 Å². The summed E-state index contributed by atoms with van der Waals surface area (Å²) in [4.78, 5) is 21.6. The zero-order valence-electron chi connectivity index (χ0n) is 19.9. The van der Waals surface area contributed by atoms with Gasteiger partial charge in [0.15, 0.2) is 5.96 Å². The molecule has 1 saturated heterocycles. The third-order valence-electron chi connectivity index (χ3n) is 6.29. The Hall–Kier alpha value is -1.55. The molecule has 1 aliphatic carbocycles. The number of rotatable bonds is 9. The Morgan fingerprint density at radius 3 is 2.56 bits per heavy atom. The number of methoxy groups -OCH3 is 1. The van der Waals surface area contributed by atoms with E-state index in [1.165, 1.54) is 17.5 Å². The van der Waals surface area contributed by atoms with Crippen molar-refractivity contribution in [1.29, 1.82) is 0 Å². The maximum absolute atomic E-state index is 12.4. The van der Waals surface area contributed by atoms with Crippen molar-refractivity contribution in [3.63, 3.8) is 0 Å². The SMILES string of the molecule is CCNC(=NCCN1CCN(C(=O)C2CCC2)CC1)NCCc1cc(C)ccc1OC.I. The molecule has 2 N–H and O–H groups in total. The van der Waals surface area contributed by atoms with Crippen LogP contribution in [0, 0.1) is 12.8 Å². The molecule has 1 amide bonds. The molecule has 2 aliphatic rings. The van der Waals surface area contributed by atoms with Gasteiger partial charge in [0.2, 0.25) is 5.91 Å². The van der Waals surface area contributed by atoms with Crippen molar-refractivity contribution in [2.24, 2.45) is 10.9 Å². The molecule has 32 heavy (non-hydrogen) atoms. The lowest BCUT2D eigenvalue weighted by atomic mass is 9.84. The number of aliphatic imine (C=N–C) groups is 1. The minimum Gasteiger partial charge on any atom is -0.496 e. The number of ether oxygens (including phenoxy) is 1. The second-order valence-electron chi connectivity index (χ2n) is 8.55. The molecule has 0 spiro atoms. The molecule has 1 aromatic carbocycles. The van der Waals surface area contributed by atoms with E-state index in [2.05, 4.69) is 46.4 Å². The number of carbonyl (C=O) groups excluding carboxylic acids is 1. The number of halogens is 1. The minimum atomic E-state index is 0. The number of nitrogens with one attached hydrogen (secondary N) is 2. The largest absolute Gasteiger partial charge is 0.496 e. The first-order valence-corrected chi connectivity index (χ1v) is 11.8. The zero-order valence-corrected chi connectivity index (χ0v) is 22.2. The third-order valence-corrected chi connectivity index (χ3v) is 6.29. The molecule has 0 aromatic heterocycles. The van der Waals surface area contributed by atoms with E-state index in [4.69, 9.17) is 9.73 Å². The summed E-state index contributed by atoms with van der Waals surface area (Å²) in [6, 6.07) is 6.29. The van der Waals surface area contributed by atoms with Crippen LogP contribution < -0.4 is 15.4 Å². The van der Waals surface area contributed by atoms with Crippen LogP contribution in [0.2, 0.25) is 0 Å². The van der Waals surface area contributed by atoms with Crippen LogP contribution in [0.4, 0.5) is 0 Å². The Morgan fingerprint density at radius 2 is 1.94 bits per heavy atom. The van der Waals surface area contributed by atoms with Crippen molar-refractivity contribution in [2.45, 2.75) is 39.5 Å². The van der Waals surface area contributed by atoms with Gasteiger partial charge < -0.3 is 20.3 Å². The predicted molar refractivity (Wildman–Crippen MR) is 141 cm³/mol. The van der Waals surface area contributed by atoms with Gasteiger partial charge in [0.1, 0.15) is 5.75 Å². The zero-order chi connectivity index (χ0) is 22.1. The number of guanidine groups is 1. The maximum atomic E-state index is 12.4. The van der Waals surface area contributed by atoms with Crippen molar-refractivity contribution in [2.75, 3.05) is 59.5 Å². The first-order chi connectivity index (χ1) is 15.1. The standard InChI is InChI=1S/C24H39N5O2.HI/c1-4-25-24(26-11-10-21-18-19(2)8-9-22(21)31-3)27-12-13-28-14-16-29(17-15-28)23(30)20-6-5-7-20;/h8-9,18,20H,4-7,10-17H2,1-3H3,(H2,25,26,27);1H. The molecule has 2 fully saturated rings. The molecule has 180 valence electrons. The summed E-state index contributed by atoms with van der Waals surface area (Å²) < 4.78 is 5.48. The van der Waals surface area contributed by atoms with E-state index in [-0.39, 0.29) is 24.0 Å². The molecule has 0 unspecified atom stereocenters. The number of nitrogens with zero attached hydrogens (tertiary/aromatic N) is 3. The summed E-state index contributed by atoms with van der Waals surface area (Å²) in [5.74, 6) is 2.48. The van der Waals surface area contributed by atoms with Crippen LogP contribution in [0.3, 0.4) is 0 Å². The lowest BCUT2D eigenvalue weighted by molar-refractivity contribution is -0.139. The lowest BCUT2D eigenvalue weighted by Gasteiger charge is -2.38. The van der Waals surface area contributed by atoms with Gasteiger partial charge in [-0.25, -0.2) is 0 Å². The summed E-state index contributed by atoms with van der Waals surface area (Å²) >= 11 is 0. The monoisotopic (exact) mass is 557 g/mol. The highest BCUT2D eigenvalue weighted by Crippen LogP contribution is 2.28. The van der Waals surface area contributed by atoms with Gasteiger partial charge in [-0.15, -0.1) is 24.0 Å². The summed E-state index contributed by atoms with van der Waals surface area (Å²) in [6.07, 6.45) is 4.27. The maximum Gasteiger partial charge on any atom is 0.225 e. The minimum absolute atomic E-state index is 0. The number of amides is 1. The predicted octanol–water partition coefficient (Wildman–Crippen LogP) is 2.66. The number of carbonyl (C=O) groups is 1. The average Bonchev–Trinajstić information content (AvgIpc) is 2.73. The number of aryl methyl sites for hydroxylation is 1. The summed E-state index contributed by atoms with van der Waals surface area (Å²) in [7, 11) is 1.72. The Bertz CT molecular complexity index is 746. The summed E-state index contributed by atoms with van der Waals surface area (Å²) in [5.41, 5.74) is 2.45. The fourth-order valence-corrected chi connectivity index (χ4v) is 4.17. The molecule has 0 radical (unpaired) electrons. The normalized spacial score (nSPS) is 17.3. The van der Waals surface area contributed by atoms with Crippen molar-refractivity contribution < 1.29 is 9.53 Å². The van der Waals surface area contributed by atoms with Gasteiger partial charge in [-0.2, -0.15) is 0 Å². The summed E-state index contributed by atoms with van der Waals surface area (Å²) in [5, 5.41) is 6.77. The molecule has 0 bridgehead atoms. The Morgan fingerprint density at radius 1 is 1.19 bits per heavy atom. The average molecular weight is 558 g/mol. The van der Waals surface area contributed by atoms with Crippen molar-refractivity contribution in [1.82, 2.24) is 20.4 Å². The highest BCUT2D eigenvalue weighted by Gasteiger charge is 2.30. The number of hydrogen-bond donors (Lipinski definition) is 2. The van der Waals surface area contributed by atoms with Gasteiger partial charge in [-0.1, -0.05) is 24.1 Å². The fourth-order valence-electron chi connectivity index (χ4n) is 4.17. The number of piperazine rings is 1. The third kappa shape index (κ3) is 7.79. The van der Waals surface area contributed by atoms with Crippen molar-refractivity contribution in [3.05, 3.63) is 29.3 Å². The van der Waals surface area contributed by atoms with Gasteiger partial charge in [-0.05, 0) is 44.7 Å². The number of hydrogen-bond acceptors (Lipinski definition) is 4. The molecular weight excluding hydrogens is 517 g/mol. The van der Waals surface area contributed by atoms with Gasteiger partial charge in [0, 0.05) is 51.7 Å². The Kier molecular flexibility index (Phi) is 11.6. The van der Waals surface area contributed by atoms with E-state index in [1.807, 2.05) is 6.07 Å². The fraction of sp³-hybridized carbons (Fsp3) is 0.667. The first kappa shape index (κ1) is 26.7. The second-order valence-corrected chi connectivity index (χ2v) is 8.55. The van der Waals surface area contributed by atoms with Crippen LogP contribution >= 0.6 is 24.0 Å². The Balaban J connectivity index is 0.00000363. The van der Waals surface area contributed by atoms with Crippen LogP contribution in [0.1, 0.15) is 37.3 Å². The molecule has 0 atom stereocenters. The molecule has 3 rings (SSSR count). The molecular formula is C24H40IN5O2. The molecule has 8 heteroatoms. The van der Waals surface area contributed by atoms with Crippen LogP contribution in [0.5, 0.6) is 5.75 Å². The lowest BCUT2D eigenvalue weighted by Crippen LogP contribution is -2.51. The van der Waals surface area contributed by atoms with E-state index in [0.29, 0.717) is 11.8 Å². The smallest absolute Gasteiger partial charge is 0.225 e. The van der Waals surface area contributed by atoms with Crippen molar-refractivity contribution >= 4 is 35.8 Å².